The fourth-order valence-electron chi connectivity index (χ4n) is 3.16. The van der Waals surface area contributed by atoms with Crippen LogP contribution >= 0.6 is 0 Å². The van der Waals surface area contributed by atoms with Gasteiger partial charge in [0.15, 0.2) is 9.84 Å². The first-order chi connectivity index (χ1) is 12.0. The smallest absolute Gasteiger partial charge is 0.175 e. The van der Waals surface area contributed by atoms with Crippen molar-refractivity contribution in [1.29, 1.82) is 0 Å². The molecule has 0 saturated carbocycles. The van der Waals surface area contributed by atoms with E-state index in [1.54, 1.807) is 12.1 Å². The van der Waals surface area contributed by atoms with Gasteiger partial charge in [-0.05, 0) is 49.3 Å². The molecule has 1 aromatic carbocycles. The Morgan fingerprint density at radius 3 is 2.20 bits per heavy atom. The van der Waals surface area contributed by atoms with Gasteiger partial charge in [0, 0.05) is 38.6 Å². The molecule has 1 fully saturated rings. The maximum absolute atomic E-state index is 11.5. The summed E-state index contributed by atoms with van der Waals surface area (Å²) < 4.78 is 23.1. The highest BCUT2D eigenvalue weighted by Crippen LogP contribution is 2.14. The molecule has 6 heteroatoms. The lowest BCUT2D eigenvalue weighted by Crippen LogP contribution is -2.30. The topological polar surface area (TPSA) is 53.5 Å². The molecule has 0 spiro atoms. The second-order valence-corrected chi connectivity index (χ2v) is 8.66. The highest BCUT2D eigenvalue weighted by Gasteiger charge is 2.16. The summed E-state index contributed by atoms with van der Waals surface area (Å²) in [6, 6.07) is 13.3. The fraction of sp³-hybridized carbons (Fsp3) is 0.421. The van der Waals surface area contributed by atoms with Gasteiger partial charge in [0.25, 0.3) is 0 Å². The molecule has 5 nitrogen and oxygen atoms in total. The zero-order chi connectivity index (χ0) is 17.7. The standard InChI is InChI=1S/C19H25N3O2S/c1-25(23,24)19-8-6-17(7-9-19)15-21-11-4-12-22(14-13-21)16-18-5-2-3-10-20-18/h2-3,5-10H,4,11-16H2,1H3. The van der Waals surface area contributed by atoms with E-state index >= 15 is 0 Å². The van der Waals surface area contributed by atoms with E-state index in [-0.39, 0.29) is 0 Å². The Labute approximate surface area is 150 Å². The summed E-state index contributed by atoms with van der Waals surface area (Å²) in [5, 5.41) is 0. The average Bonchev–Trinajstić information content (AvgIpc) is 2.81. The van der Waals surface area contributed by atoms with Crippen molar-refractivity contribution in [3.8, 4) is 0 Å². The van der Waals surface area contributed by atoms with Crippen LogP contribution in [0.3, 0.4) is 0 Å². The predicted octanol–water partition coefficient (Wildman–Crippen LogP) is 2.19. The number of rotatable bonds is 5. The Kier molecular flexibility index (Phi) is 5.83. The van der Waals surface area contributed by atoms with Crippen molar-refractivity contribution in [2.24, 2.45) is 0 Å². The van der Waals surface area contributed by atoms with Crippen LogP contribution in [0.5, 0.6) is 0 Å². The van der Waals surface area contributed by atoms with Crippen molar-refractivity contribution in [3.05, 3.63) is 59.9 Å². The van der Waals surface area contributed by atoms with Gasteiger partial charge in [-0.15, -0.1) is 0 Å². The SMILES string of the molecule is CS(=O)(=O)c1ccc(CN2CCCN(Cc3ccccn3)CC2)cc1. The van der Waals surface area contributed by atoms with Gasteiger partial charge in [0.2, 0.25) is 0 Å². The minimum absolute atomic E-state index is 0.383. The first-order valence-electron chi connectivity index (χ1n) is 8.64. The van der Waals surface area contributed by atoms with E-state index in [1.807, 2.05) is 30.5 Å². The van der Waals surface area contributed by atoms with Crippen LogP contribution in [-0.2, 0) is 22.9 Å². The molecule has 25 heavy (non-hydrogen) atoms. The molecular weight excluding hydrogens is 334 g/mol. The zero-order valence-corrected chi connectivity index (χ0v) is 15.5. The lowest BCUT2D eigenvalue weighted by atomic mass is 10.2. The Balaban J connectivity index is 1.54. The zero-order valence-electron chi connectivity index (χ0n) is 14.6. The summed E-state index contributed by atoms with van der Waals surface area (Å²) >= 11 is 0. The summed E-state index contributed by atoms with van der Waals surface area (Å²) in [7, 11) is -3.12. The molecule has 3 rings (SSSR count). The molecular formula is C19H25N3O2S. The number of hydrogen-bond acceptors (Lipinski definition) is 5. The van der Waals surface area contributed by atoms with Gasteiger partial charge < -0.3 is 0 Å². The van der Waals surface area contributed by atoms with E-state index in [0.717, 1.165) is 56.9 Å². The number of pyridine rings is 1. The van der Waals surface area contributed by atoms with Crippen LogP contribution in [0.25, 0.3) is 0 Å². The first kappa shape index (κ1) is 18.0. The molecule has 2 heterocycles. The largest absolute Gasteiger partial charge is 0.298 e. The van der Waals surface area contributed by atoms with Crippen molar-refractivity contribution >= 4 is 9.84 Å². The van der Waals surface area contributed by atoms with Crippen molar-refractivity contribution in [2.75, 3.05) is 32.4 Å². The van der Waals surface area contributed by atoms with E-state index in [4.69, 9.17) is 0 Å². The fourth-order valence-corrected chi connectivity index (χ4v) is 3.79. The summed E-state index contributed by atoms with van der Waals surface area (Å²) in [5.41, 5.74) is 2.28. The summed E-state index contributed by atoms with van der Waals surface area (Å²) in [5.74, 6) is 0. The molecule has 0 amide bonds. The molecule has 0 aliphatic carbocycles. The number of nitrogens with zero attached hydrogens (tertiary/aromatic N) is 3. The number of hydrogen-bond donors (Lipinski definition) is 0. The molecule has 1 saturated heterocycles. The van der Waals surface area contributed by atoms with Crippen molar-refractivity contribution in [1.82, 2.24) is 14.8 Å². The second kappa shape index (κ2) is 8.08. The highest BCUT2D eigenvalue weighted by molar-refractivity contribution is 7.90. The predicted molar refractivity (Wildman–Crippen MR) is 99.0 cm³/mol. The molecule has 0 atom stereocenters. The molecule has 0 radical (unpaired) electrons. The lowest BCUT2D eigenvalue weighted by molar-refractivity contribution is 0.245. The van der Waals surface area contributed by atoms with Crippen LogP contribution in [0.15, 0.2) is 53.6 Å². The third-order valence-corrected chi connectivity index (χ3v) is 5.68. The lowest BCUT2D eigenvalue weighted by Gasteiger charge is -2.21. The van der Waals surface area contributed by atoms with E-state index in [0.29, 0.717) is 4.90 Å². The normalized spacial score (nSPS) is 17.3. The van der Waals surface area contributed by atoms with Crippen molar-refractivity contribution in [2.45, 2.75) is 24.4 Å². The molecule has 2 aromatic rings. The third-order valence-electron chi connectivity index (χ3n) is 4.55. The van der Waals surface area contributed by atoms with Gasteiger partial charge >= 0.3 is 0 Å². The van der Waals surface area contributed by atoms with Gasteiger partial charge in [-0.25, -0.2) is 8.42 Å². The molecule has 0 bridgehead atoms. The summed E-state index contributed by atoms with van der Waals surface area (Å²) in [6.07, 6.45) is 4.22. The van der Waals surface area contributed by atoms with E-state index in [2.05, 4.69) is 20.9 Å². The number of aromatic nitrogens is 1. The molecule has 1 aliphatic rings. The summed E-state index contributed by atoms with van der Waals surface area (Å²) in [4.78, 5) is 9.69. The first-order valence-corrected chi connectivity index (χ1v) is 10.5. The maximum atomic E-state index is 11.5. The van der Waals surface area contributed by atoms with Crippen LogP contribution in [-0.4, -0.2) is 55.6 Å². The van der Waals surface area contributed by atoms with Crippen LogP contribution in [0.2, 0.25) is 0 Å². The van der Waals surface area contributed by atoms with E-state index in [9.17, 15) is 8.42 Å². The van der Waals surface area contributed by atoms with E-state index in [1.165, 1.54) is 6.26 Å². The second-order valence-electron chi connectivity index (χ2n) is 6.64. The molecule has 134 valence electrons. The van der Waals surface area contributed by atoms with Gasteiger partial charge in [-0.1, -0.05) is 18.2 Å². The Morgan fingerprint density at radius 1 is 0.920 bits per heavy atom. The average molecular weight is 359 g/mol. The van der Waals surface area contributed by atoms with Crippen LogP contribution in [0.1, 0.15) is 17.7 Å². The third kappa shape index (κ3) is 5.36. The molecule has 1 aliphatic heterocycles. The van der Waals surface area contributed by atoms with E-state index < -0.39 is 9.84 Å². The van der Waals surface area contributed by atoms with Gasteiger partial charge in [0.05, 0.1) is 10.6 Å². The monoisotopic (exact) mass is 359 g/mol. The van der Waals surface area contributed by atoms with Crippen molar-refractivity contribution in [3.63, 3.8) is 0 Å². The number of sulfone groups is 1. The van der Waals surface area contributed by atoms with Crippen LogP contribution in [0.4, 0.5) is 0 Å². The minimum Gasteiger partial charge on any atom is -0.298 e. The minimum atomic E-state index is -3.12. The molecule has 1 aromatic heterocycles. The Hall–Kier alpha value is -1.76. The maximum Gasteiger partial charge on any atom is 0.175 e. The summed E-state index contributed by atoms with van der Waals surface area (Å²) in [6.45, 7) is 5.95. The van der Waals surface area contributed by atoms with Crippen LogP contribution in [0, 0.1) is 0 Å². The number of benzene rings is 1. The Bertz CT molecular complexity index is 776. The molecule has 0 N–H and O–H groups in total. The van der Waals surface area contributed by atoms with Crippen LogP contribution < -0.4 is 0 Å². The van der Waals surface area contributed by atoms with Gasteiger partial charge in [-0.3, -0.25) is 14.8 Å². The quantitative estimate of drug-likeness (QED) is 0.819. The Morgan fingerprint density at radius 2 is 1.60 bits per heavy atom. The highest BCUT2D eigenvalue weighted by atomic mass is 32.2. The van der Waals surface area contributed by atoms with Gasteiger partial charge in [0.1, 0.15) is 0 Å². The molecule has 0 unspecified atom stereocenters. The van der Waals surface area contributed by atoms with Crippen molar-refractivity contribution < 1.29 is 8.42 Å². The van der Waals surface area contributed by atoms with Gasteiger partial charge in [-0.2, -0.15) is 0 Å².